The fourth-order valence-electron chi connectivity index (χ4n) is 3.34. The molecule has 1 saturated carbocycles. The van der Waals surface area contributed by atoms with Crippen molar-refractivity contribution in [3.8, 4) is 0 Å². The first-order chi connectivity index (χ1) is 10.8. The Morgan fingerprint density at radius 3 is 3.00 bits per heavy atom. The first kappa shape index (κ1) is 16.1. The van der Waals surface area contributed by atoms with Crippen LogP contribution in [0.15, 0.2) is 11.6 Å². The summed E-state index contributed by atoms with van der Waals surface area (Å²) in [5.74, 6) is 1.40. The molecular formula is C16H25N3OS2. The summed E-state index contributed by atoms with van der Waals surface area (Å²) in [6, 6.07) is 0. The van der Waals surface area contributed by atoms with Crippen molar-refractivity contribution in [1.82, 2.24) is 10.3 Å². The number of carbonyl (C=O) groups excluding carboxylic acids is 1. The van der Waals surface area contributed by atoms with Gasteiger partial charge >= 0.3 is 0 Å². The highest BCUT2D eigenvalue weighted by molar-refractivity contribution is 8.00. The van der Waals surface area contributed by atoms with Crippen molar-refractivity contribution in [2.45, 2.75) is 43.8 Å². The molecule has 2 aliphatic rings. The third-order valence-electron chi connectivity index (χ3n) is 4.55. The van der Waals surface area contributed by atoms with Crippen molar-refractivity contribution in [2.75, 3.05) is 30.3 Å². The van der Waals surface area contributed by atoms with Crippen LogP contribution in [0.25, 0.3) is 0 Å². The van der Waals surface area contributed by atoms with Gasteiger partial charge in [0.15, 0.2) is 5.13 Å². The van der Waals surface area contributed by atoms with E-state index in [-0.39, 0.29) is 5.91 Å². The van der Waals surface area contributed by atoms with Crippen molar-refractivity contribution in [3.05, 3.63) is 11.6 Å². The number of thiazole rings is 1. The van der Waals surface area contributed by atoms with E-state index >= 15 is 0 Å². The number of amides is 1. The second-order valence-electron chi connectivity index (χ2n) is 6.29. The normalized spacial score (nSPS) is 22.9. The fourth-order valence-corrected chi connectivity index (χ4v) is 5.17. The van der Waals surface area contributed by atoms with Gasteiger partial charge in [-0.2, -0.15) is 0 Å². The van der Waals surface area contributed by atoms with Gasteiger partial charge in [-0.3, -0.25) is 4.79 Å². The van der Waals surface area contributed by atoms with E-state index in [2.05, 4.69) is 15.2 Å². The summed E-state index contributed by atoms with van der Waals surface area (Å²) in [6.45, 7) is 2.92. The van der Waals surface area contributed by atoms with E-state index in [1.54, 1.807) is 11.3 Å². The average Bonchev–Trinajstić information content (AvgIpc) is 3.24. The van der Waals surface area contributed by atoms with Gasteiger partial charge in [-0.05, 0) is 31.6 Å². The van der Waals surface area contributed by atoms with Crippen LogP contribution in [-0.2, 0) is 4.79 Å². The molecule has 122 valence electrons. The molecular weight excluding hydrogens is 314 g/mol. The Kier molecular flexibility index (Phi) is 6.01. The van der Waals surface area contributed by atoms with Gasteiger partial charge in [0.05, 0.1) is 5.75 Å². The van der Waals surface area contributed by atoms with Crippen LogP contribution < -0.4 is 10.2 Å². The van der Waals surface area contributed by atoms with Crippen LogP contribution in [0.2, 0.25) is 0 Å². The molecule has 1 aromatic heterocycles. The minimum Gasteiger partial charge on any atom is -0.355 e. The van der Waals surface area contributed by atoms with E-state index in [1.165, 1.54) is 38.5 Å². The van der Waals surface area contributed by atoms with E-state index < -0.39 is 0 Å². The zero-order valence-corrected chi connectivity index (χ0v) is 14.6. The lowest BCUT2D eigenvalue weighted by Crippen LogP contribution is -2.41. The molecule has 1 atom stereocenters. The first-order valence-electron chi connectivity index (χ1n) is 8.34. The van der Waals surface area contributed by atoms with E-state index in [4.69, 9.17) is 0 Å². The molecule has 1 aliphatic carbocycles. The van der Waals surface area contributed by atoms with E-state index in [1.807, 2.05) is 23.3 Å². The van der Waals surface area contributed by atoms with Gasteiger partial charge in [-0.15, -0.1) is 23.1 Å². The van der Waals surface area contributed by atoms with Crippen LogP contribution in [0, 0.1) is 5.92 Å². The molecule has 0 radical (unpaired) electrons. The third-order valence-corrected chi connectivity index (χ3v) is 6.75. The van der Waals surface area contributed by atoms with Crippen molar-refractivity contribution in [2.24, 2.45) is 5.92 Å². The topological polar surface area (TPSA) is 45.2 Å². The smallest absolute Gasteiger partial charge is 0.230 e. The maximum Gasteiger partial charge on any atom is 0.230 e. The van der Waals surface area contributed by atoms with Gasteiger partial charge in [0, 0.05) is 36.5 Å². The van der Waals surface area contributed by atoms with E-state index in [0.29, 0.717) is 11.7 Å². The number of anilines is 1. The lowest BCUT2D eigenvalue weighted by atomic mass is 9.98. The third kappa shape index (κ3) is 4.62. The molecule has 1 aliphatic heterocycles. The van der Waals surface area contributed by atoms with Crippen LogP contribution in [0.5, 0.6) is 0 Å². The molecule has 0 aromatic carbocycles. The molecule has 4 nitrogen and oxygen atoms in total. The molecule has 22 heavy (non-hydrogen) atoms. The van der Waals surface area contributed by atoms with Crippen LogP contribution in [0.3, 0.4) is 0 Å². The predicted molar refractivity (Wildman–Crippen MR) is 94.8 cm³/mol. The second-order valence-corrected chi connectivity index (χ2v) is 8.45. The summed E-state index contributed by atoms with van der Waals surface area (Å²) in [7, 11) is 0. The van der Waals surface area contributed by atoms with Gasteiger partial charge in [0.2, 0.25) is 5.91 Å². The Bertz CT molecular complexity index is 460. The molecule has 0 unspecified atom stereocenters. The standard InChI is InChI=1S/C16H25N3OS2/c20-15(12-22-14-5-1-2-6-14)18-10-13-4-3-8-19(11-13)16-17-7-9-21-16/h7,9,13-14H,1-6,8,10-12H2,(H,18,20)/t13-/m0/s1. The molecule has 1 N–H and O–H groups in total. The zero-order chi connectivity index (χ0) is 15.2. The lowest BCUT2D eigenvalue weighted by Gasteiger charge is -2.32. The zero-order valence-electron chi connectivity index (χ0n) is 13.0. The SMILES string of the molecule is O=C(CSC1CCCC1)NC[C@@H]1CCCN(c2nccs2)C1. The number of thioether (sulfide) groups is 1. The largest absolute Gasteiger partial charge is 0.355 e. The monoisotopic (exact) mass is 339 g/mol. The van der Waals surface area contributed by atoms with Gasteiger partial charge < -0.3 is 10.2 Å². The Hall–Kier alpha value is -0.750. The highest BCUT2D eigenvalue weighted by atomic mass is 32.2. The maximum atomic E-state index is 12.0. The average molecular weight is 340 g/mol. The number of hydrogen-bond acceptors (Lipinski definition) is 5. The minimum atomic E-state index is 0.211. The lowest BCUT2D eigenvalue weighted by molar-refractivity contribution is -0.118. The molecule has 0 bridgehead atoms. The van der Waals surface area contributed by atoms with Crippen molar-refractivity contribution in [1.29, 1.82) is 0 Å². The Morgan fingerprint density at radius 1 is 1.36 bits per heavy atom. The summed E-state index contributed by atoms with van der Waals surface area (Å²) >= 11 is 3.55. The van der Waals surface area contributed by atoms with Crippen molar-refractivity contribution >= 4 is 34.1 Å². The van der Waals surface area contributed by atoms with E-state index in [0.717, 1.165) is 30.0 Å². The number of aromatic nitrogens is 1. The van der Waals surface area contributed by atoms with Crippen LogP contribution in [0.1, 0.15) is 38.5 Å². The first-order valence-corrected chi connectivity index (χ1v) is 10.3. The molecule has 3 rings (SSSR count). The number of nitrogens with one attached hydrogen (secondary N) is 1. The number of hydrogen-bond donors (Lipinski definition) is 1. The Morgan fingerprint density at radius 2 is 2.23 bits per heavy atom. The summed E-state index contributed by atoms with van der Waals surface area (Å²) in [5.41, 5.74) is 0. The number of nitrogens with zero attached hydrogens (tertiary/aromatic N) is 2. The number of carbonyl (C=O) groups is 1. The summed E-state index contributed by atoms with van der Waals surface area (Å²) < 4.78 is 0. The Balaban J connectivity index is 1.36. The van der Waals surface area contributed by atoms with Crippen LogP contribution in [-0.4, -0.2) is 41.5 Å². The molecule has 1 aromatic rings. The molecule has 1 saturated heterocycles. The Labute approximate surface area is 141 Å². The van der Waals surface area contributed by atoms with Gasteiger partial charge in [-0.25, -0.2) is 4.98 Å². The van der Waals surface area contributed by atoms with E-state index in [9.17, 15) is 4.79 Å². The molecule has 1 amide bonds. The highest BCUT2D eigenvalue weighted by Gasteiger charge is 2.22. The van der Waals surface area contributed by atoms with Gasteiger partial charge in [0.25, 0.3) is 0 Å². The van der Waals surface area contributed by atoms with Crippen LogP contribution in [0.4, 0.5) is 5.13 Å². The second kappa shape index (κ2) is 8.20. The summed E-state index contributed by atoms with van der Waals surface area (Å²) in [6.07, 6.45) is 9.54. The predicted octanol–water partition coefficient (Wildman–Crippen LogP) is 3.15. The maximum absolute atomic E-state index is 12.0. The minimum absolute atomic E-state index is 0.211. The number of piperidine rings is 1. The fraction of sp³-hybridized carbons (Fsp3) is 0.750. The van der Waals surface area contributed by atoms with Crippen molar-refractivity contribution in [3.63, 3.8) is 0 Å². The number of rotatable bonds is 6. The van der Waals surface area contributed by atoms with Gasteiger partial charge in [0.1, 0.15) is 0 Å². The molecule has 0 spiro atoms. The summed E-state index contributed by atoms with van der Waals surface area (Å²) in [4.78, 5) is 18.8. The van der Waals surface area contributed by atoms with Crippen LogP contribution >= 0.6 is 23.1 Å². The molecule has 6 heteroatoms. The summed E-state index contributed by atoms with van der Waals surface area (Å²) in [5, 5.41) is 7.01. The van der Waals surface area contributed by atoms with Crippen molar-refractivity contribution < 1.29 is 4.79 Å². The van der Waals surface area contributed by atoms with Gasteiger partial charge in [-0.1, -0.05) is 12.8 Å². The quantitative estimate of drug-likeness (QED) is 0.865. The molecule has 2 heterocycles. The molecule has 2 fully saturated rings. The highest BCUT2D eigenvalue weighted by Crippen LogP contribution is 2.29.